The molecule has 1 unspecified atom stereocenters. The number of aryl methyl sites for hydroxylation is 3. The van der Waals surface area contributed by atoms with Gasteiger partial charge in [-0.25, -0.2) is 0 Å². The van der Waals surface area contributed by atoms with Crippen LogP contribution in [0.3, 0.4) is 0 Å². The SMILES string of the molecule is CCNC(=NCC(C)CN1CCCCC1)NCCCn1nc(C)cc1C.I. The molecule has 0 radical (unpaired) electrons. The fourth-order valence-electron chi connectivity index (χ4n) is 3.57. The van der Waals surface area contributed by atoms with Gasteiger partial charge in [-0.1, -0.05) is 13.3 Å². The van der Waals surface area contributed by atoms with Gasteiger partial charge in [0.05, 0.1) is 5.69 Å². The molecule has 0 saturated carbocycles. The second kappa shape index (κ2) is 13.4. The summed E-state index contributed by atoms with van der Waals surface area (Å²) in [5, 5.41) is 11.3. The molecule has 6 nitrogen and oxygen atoms in total. The molecule has 156 valence electrons. The number of piperidine rings is 1. The molecule has 0 amide bonds. The first-order valence-electron chi connectivity index (χ1n) is 10.3. The maximum atomic E-state index is 4.79. The van der Waals surface area contributed by atoms with E-state index >= 15 is 0 Å². The van der Waals surface area contributed by atoms with Crippen molar-refractivity contribution in [3.05, 3.63) is 17.5 Å². The van der Waals surface area contributed by atoms with E-state index in [1.165, 1.54) is 44.6 Å². The molecule has 1 saturated heterocycles. The Morgan fingerprint density at radius 3 is 2.59 bits per heavy atom. The van der Waals surface area contributed by atoms with Crippen LogP contribution in [0.5, 0.6) is 0 Å². The van der Waals surface area contributed by atoms with Gasteiger partial charge in [0.1, 0.15) is 0 Å². The summed E-state index contributed by atoms with van der Waals surface area (Å²) in [5.41, 5.74) is 2.32. The van der Waals surface area contributed by atoms with E-state index in [4.69, 9.17) is 4.99 Å². The van der Waals surface area contributed by atoms with Crippen molar-refractivity contribution < 1.29 is 0 Å². The van der Waals surface area contributed by atoms with Gasteiger partial charge in [-0.05, 0) is 65.1 Å². The van der Waals surface area contributed by atoms with Gasteiger partial charge in [0.2, 0.25) is 0 Å². The fraction of sp³-hybridized carbons (Fsp3) is 0.800. The van der Waals surface area contributed by atoms with Crippen molar-refractivity contribution in [3.63, 3.8) is 0 Å². The molecule has 1 fully saturated rings. The van der Waals surface area contributed by atoms with Crippen molar-refractivity contribution >= 4 is 29.9 Å². The van der Waals surface area contributed by atoms with Crippen molar-refractivity contribution in [2.75, 3.05) is 39.3 Å². The van der Waals surface area contributed by atoms with Crippen LogP contribution in [0.4, 0.5) is 0 Å². The Balaban J connectivity index is 0.00000364. The summed E-state index contributed by atoms with van der Waals surface area (Å²) in [6, 6.07) is 2.13. The van der Waals surface area contributed by atoms with Crippen LogP contribution in [0, 0.1) is 19.8 Å². The highest BCUT2D eigenvalue weighted by atomic mass is 127. The van der Waals surface area contributed by atoms with E-state index in [9.17, 15) is 0 Å². The summed E-state index contributed by atoms with van der Waals surface area (Å²) >= 11 is 0. The average molecular weight is 490 g/mol. The number of rotatable bonds is 9. The summed E-state index contributed by atoms with van der Waals surface area (Å²) < 4.78 is 2.09. The van der Waals surface area contributed by atoms with Crippen LogP contribution in [0.1, 0.15) is 50.9 Å². The molecule has 1 aliphatic rings. The predicted octanol–water partition coefficient (Wildman–Crippen LogP) is 3.19. The molecule has 1 aromatic rings. The molecule has 2 heterocycles. The van der Waals surface area contributed by atoms with Gasteiger partial charge in [-0.2, -0.15) is 5.10 Å². The van der Waals surface area contributed by atoms with Crippen LogP contribution in [0.25, 0.3) is 0 Å². The van der Waals surface area contributed by atoms with Crippen LogP contribution in [-0.4, -0.2) is 59.9 Å². The molecule has 7 heteroatoms. The van der Waals surface area contributed by atoms with E-state index in [1.807, 2.05) is 6.92 Å². The van der Waals surface area contributed by atoms with Gasteiger partial charge in [-0.3, -0.25) is 9.67 Å². The number of hydrogen-bond acceptors (Lipinski definition) is 3. The number of nitrogens with zero attached hydrogens (tertiary/aromatic N) is 4. The van der Waals surface area contributed by atoms with Crippen LogP contribution < -0.4 is 10.6 Å². The minimum absolute atomic E-state index is 0. The smallest absolute Gasteiger partial charge is 0.191 e. The molecule has 2 rings (SSSR count). The monoisotopic (exact) mass is 490 g/mol. The summed E-state index contributed by atoms with van der Waals surface area (Å²) in [4.78, 5) is 7.39. The molecule has 1 atom stereocenters. The summed E-state index contributed by atoms with van der Waals surface area (Å²) in [6.45, 7) is 15.9. The molecule has 1 aliphatic heterocycles. The van der Waals surface area contributed by atoms with Crippen LogP contribution in [0.15, 0.2) is 11.1 Å². The summed E-state index contributed by atoms with van der Waals surface area (Å²) in [5.74, 6) is 1.53. The third kappa shape index (κ3) is 9.27. The first-order chi connectivity index (χ1) is 12.6. The lowest BCUT2D eigenvalue weighted by Gasteiger charge is -2.28. The Morgan fingerprint density at radius 1 is 1.22 bits per heavy atom. The van der Waals surface area contributed by atoms with E-state index in [0.29, 0.717) is 5.92 Å². The predicted molar refractivity (Wildman–Crippen MR) is 125 cm³/mol. The van der Waals surface area contributed by atoms with Gasteiger partial charge < -0.3 is 15.5 Å². The number of nitrogens with one attached hydrogen (secondary N) is 2. The quantitative estimate of drug-likeness (QED) is 0.242. The number of halogens is 1. The Labute approximate surface area is 182 Å². The number of likely N-dealkylation sites (tertiary alicyclic amines) is 1. The lowest BCUT2D eigenvalue weighted by molar-refractivity contribution is 0.203. The zero-order valence-electron chi connectivity index (χ0n) is 17.6. The highest BCUT2D eigenvalue weighted by Gasteiger charge is 2.13. The number of guanidine groups is 1. The van der Waals surface area contributed by atoms with Crippen LogP contribution >= 0.6 is 24.0 Å². The first kappa shape index (κ1) is 24.2. The van der Waals surface area contributed by atoms with Gasteiger partial charge in [0.15, 0.2) is 5.96 Å². The number of aromatic nitrogens is 2. The average Bonchev–Trinajstić information content (AvgIpc) is 2.94. The molecule has 27 heavy (non-hydrogen) atoms. The normalized spacial score (nSPS) is 16.7. The topological polar surface area (TPSA) is 57.5 Å². The Bertz CT molecular complexity index is 551. The fourth-order valence-corrected chi connectivity index (χ4v) is 3.57. The number of aliphatic imine (C=N–C) groups is 1. The highest BCUT2D eigenvalue weighted by Crippen LogP contribution is 2.11. The van der Waals surface area contributed by atoms with Crippen LogP contribution in [0.2, 0.25) is 0 Å². The van der Waals surface area contributed by atoms with E-state index < -0.39 is 0 Å². The molecular weight excluding hydrogens is 451 g/mol. The van der Waals surface area contributed by atoms with Crippen molar-refractivity contribution in [1.82, 2.24) is 25.3 Å². The maximum Gasteiger partial charge on any atom is 0.191 e. The van der Waals surface area contributed by atoms with Gasteiger partial charge in [0.25, 0.3) is 0 Å². The highest BCUT2D eigenvalue weighted by molar-refractivity contribution is 14.0. The lowest BCUT2D eigenvalue weighted by atomic mass is 10.1. The second-order valence-corrected chi connectivity index (χ2v) is 7.62. The van der Waals surface area contributed by atoms with E-state index in [2.05, 4.69) is 52.2 Å². The Hall–Kier alpha value is -0.830. The van der Waals surface area contributed by atoms with E-state index in [0.717, 1.165) is 44.3 Å². The molecular formula is C20H39IN6. The number of hydrogen-bond donors (Lipinski definition) is 2. The van der Waals surface area contributed by atoms with Crippen molar-refractivity contribution in [2.24, 2.45) is 10.9 Å². The van der Waals surface area contributed by atoms with E-state index in [-0.39, 0.29) is 24.0 Å². The van der Waals surface area contributed by atoms with Gasteiger partial charge in [0, 0.05) is 38.4 Å². The maximum absolute atomic E-state index is 4.79. The molecule has 0 bridgehead atoms. The molecule has 1 aromatic heterocycles. The first-order valence-corrected chi connectivity index (χ1v) is 10.3. The summed E-state index contributed by atoms with van der Waals surface area (Å²) in [6.07, 6.45) is 5.15. The minimum atomic E-state index is 0. The second-order valence-electron chi connectivity index (χ2n) is 7.62. The third-order valence-electron chi connectivity index (χ3n) is 4.87. The molecule has 0 spiro atoms. The van der Waals surface area contributed by atoms with Crippen molar-refractivity contribution in [2.45, 2.75) is 59.9 Å². The summed E-state index contributed by atoms with van der Waals surface area (Å²) in [7, 11) is 0. The third-order valence-corrected chi connectivity index (χ3v) is 4.87. The standard InChI is InChI=1S/C20H38N6.HI/c1-5-21-20(22-10-9-13-26-19(4)14-18(3)24-26)23-15-17(2)16-25-11-7-6-8-12-25;/h14,17H,5-13,15-16H2,1-4H3,(H2,21,22,23);1H. The van der Waals surface area contributed by atoms with Gasteiger partial charge >= 0.3 is 0 Å². The van der Waals surface area contributed by atoms with E-state index in [1.54, 1.807) is 0 Å². The molecule has 2 N–H and O–H groups in total. The largest absolute Gasteiger partial charge is 0.357 e. The van der Waals surface area contributed by atoms with Crippen molar-refractivity contribution in [3.8, 4) is 0 Å². The Morgan fingerprint density at radius 2 is 1.96 bits per heavy atom. The zero-order valence-corrected chi connectivity index (χ0v) is 20.0. The lowest BCUT2D eigenvalue weighted by Crippen LogP contribution is -2.39. The molecule has 0 aromatic carbocycles. The minimum Gasteiger partial charge on any atom is -0.357 e. The Kier molecular flexibility index (Phi) is 12.0. The zero-order chi connectivity index (χ0) is 18.8. The van der Waals surface area contributed by atoms with Gasteiger partial charge in [-0.15, -0.1) is 24.0 Å². The molecule has 0 aliphatic carbocycles. The van der Waals surface area contributed by atoms with Crippen molar-refractivity contribution in [1.29, 1.82) is 0 Å². The van der Waals surface area contributed by atoms with Crippen LogP contribution in [-0.2, 0) is 6.54 Å².